The maximum atomic E-state index is 5.41. The van der Waals surface area contributed by atoms with Gasteiger partial charge >= 0.3 is 0 Å². The fourth-order valence-electron chi connectivity index (χ4n) is 2.60. The fraction of sp³-hybridized carbons (Fsp3) is 0.733. The summed E-state index contributed by atoms with van der Waals surface area (Å²) in [6.07, 6.45) is 3.95. The lowest BCUT2D eigenvalue weighted by Crippen LogP contribution is -2.14. The number of hydrogen-bond donors (Lipinski definition) is 2. The van der Waals surface area contributed by atoms with Crippen molar-refractivity contribution < 1.29 is 4.74 Å². The number of anilines is 2. The molecule has 1 atom stereocenters. The zero-order chi connectivity index (χ0) is 14.4. The molecule has 1 fully saturated rings. The molecule has 1 unspecified atom stereocenters. The topological polar surface area (TPSA) is 59.1 Å². The molecule has 1 aromatic rings. The molecule has 0 saturated carbocycles. The monoisotopic (exact) mass is 278 g/mol. The standard InChI is InChI=1S/C15H26N4O/c1-4-16-14-13(11(2)3)15(19-10-18-14)17-7-5-12-6-8-20-9-12/h10-12H,4-9H2,1-3H3,(H2,16,17,18,19). The first-order valence-corrected chi connectivity index (χ1v) is 7.62. The normalized spacial score (nSPS) is 18.5. The lowest BCUT2D eigenvalue weighted by molar-refractivity contribution is 0.185. The highest BCUT2D eigenvalue weighted by Crippen LogP contribution is 2.28. The largest absolute Gasteiger partial charge is 0.381 e. The minimum absolute atomic E-state index is 0.391. The molecule has 5 nitrogen and oxygen atoms in total. The second-order valence-corrected chi connectivity index (χ2v) is 5.61. The molecular weight excluding hydrogens is 252 g/mol. The van der Waals surface area contributed by atoms with Crippen molar-refractivity contribution in [2.45, 2.75) is 39.5 Å². The van der Waals surface area contributed by atoms with Crippen molar-refractivity contribution in [2.24, 2.45) is 5.92 Å². The van der Waals surface area contributed by atoms with E-state index in [2.05, 4.69) is 41.4 Å². The van der Waals surface area contributed by atoms with E-state index < -0.39 is 0 Å². The number of nitrogens with one attached hydrogen (secondary N) is 2. The highest BCUT2D eigenvalue weighted by atomic mass is 16.5. The lowest BCUT2D eigenvalue weighted by atomic mass is 10.0. The quantitative estimate of drug-likeness (QED) is 0.803. The van der Waals surface area contributed by atoms with Gasteiger partial charge in [-0.2, -0.15) is 0 Å². The van der Waals surface area contributed by atoms with Gasteiger partial charge in [-0.15, -0.1) is 0 Å². The highest BCUT2D eigenvalue weighted by molar-refractivity contribution is 5.58. The smallest absolute Gasteiger partial charge is 0.134 e. The number of nitrogens with zero attached hydrogens (tertiary/aromatic N) is 2. The summed E-state index contributed by atoms with van der Waals surface area (Å²) in [7, 11) is 0. The summed E-state index contributed by atoms with van der Waals surface area (Å²) in [5.74, 6) is 3.00. The van der Waals surface area contributed by atoms with Gasteiger partial charge in [-0.3, -0.25) is 0 Å². The molecule has 5 heteroatoms. The van der Waals surface area contributed by atoms with Crippen LogP contribution in [0.15, 0.2) is 6.33 Å². The van der Waals surface area contributed by atoms with E-state index in [0.717, 1.165) is 44.4 Å². The van der Waals surface area contributed by atoms with Crippen LogP contribution in [-0.2, 0) is 4.74 Å². The van der Waals surface area contributed by atoms with Gasteiger partial charge in [0.05, 0.1) is 0 Å². The van der Waals surface area contributed by atoms with Gasteiger partial charge in [0.1, 0.15) is 18.0 Å². The van der Waals surface area contributed by atoms with Crippen LogP contribution in [0.4, 0.5) is 11.6 Å². The van der Waals surface area contributed by atoms with Crippen LogP contribution in [-0.4, -0.2) is 36.3 Å². The third kappa shape index (κ3) is 3.82. The summed E-state index contributed by atoms with van der Waals surface area (Å²) < 4.78 is 5.41. The molecule has 0 spiro atoms. The molecule has 1 aliphatic rings. The number of ether oxygens (including phenoxy) is 1. The van der Waals surface area contributed by atoms with E-state index in [1.807, 2.05) is 0 Å². The zero-order valence-corrected chi connectivity index (χ0v) is 12.8. The molecule has 20 heavy (non-hydrogen) atoms. The Balaban J connectivity index is 1.99. The Hall–Kier alpha value is -1.36. The van der Waals surface area contributed by atoms with Gasteiger partial charge in [0.2, 0.25) is 0 Å². The first kappa shape index (κ1) is 15.0. The Kier molecular flexibility index (Phi) is 5.59. The molecule has 0 aliphatic carbocycles. The van der Waals surface area contributed by atoms with Gasteiger partial charge in [0, 0.05) is 31.9 Å². The Morgan fingerprint density at radius 3 is 2.65 bits per heavy atom. The molecule has 0 bridgehead atoms. The van der Waals surface area contributed by atoms with Crippen molar-refractivity contribution in [3.05, 3.63) is 11.9 Å². The maximum Gasteiger partial charge on any atom is 0.134 e. The van der Waals surface area contributed by atoms with Crippen molar-refractivity contribution in [1.82, 2.24) is 9.97 Å². The van der Waals surface area contributed by atoms with Crippen molar-refractivity contribution in [3.63, 3.8) is 0 Å². The van der Waals surface area contributed by atoms with Crippen LogP contribution in [0.2, 0.25) is 0 Å². The van der Waals surface area contributed by atoms with Crippen LogP contribution in [0.1, 0.15) is 45.1 Å². The summed E-state index contributed by atoms with van der Waals surface area (Å²) in [5, 5.41) is 6.79. The van der Waals surface area contributed by atoms with Crippen LogP contribution < -0.4 is 10.6 Å². The van der Waals surface area contributed by atoms with Gasteiger partial charge in [-0.25, -0.2) is 9.97 Å². The number of aromatic nitrogens is 2. The zero-order valence-electron chi connectivity index (χ0n) is 12.8. The average molecular weight is 278 g/mol. The van der Waals surface area contributed by atoms with E-state index in [-0.39, 0.29) is 0 Å². The number of rotatable bonds is 7. The summed E-state index contributed by atoms with van der Waals surface area (Å²) in [6, 6.07) is 0. The number of hydrogen-bond acceptors (Lipinski definition) is 5. The van der Waals surface area contributed by atoms with Gasteiger partial charge < -0.3 is 15.4 Å². The molecule has 1 saturated heterocycles. The van der Waals surface area contributed by atoms with Crippen molar-refractivity contribution >= 4 is 11.6 Å². The fourth-order valence-corrected chi connectivity index (χ4v) is 2.60. The third-order valence-electron chi connectivity index (χ3n) is 3.67. The Labute approximate surface area is 121 Å². The van der Waals surface area contributed by atoms with Gasteiger partial charge in [-0.05, 0) is 31.6 Å². The van der Waals surface area contributed by atoms with E-state index >= 15 is 0 Å². The van der Waals surface area contributed by atoms with E-state index in [1.165, 1.54) is 12.0 Å². The molecule has 1 aromatic heterocycles. The highest BCUT2D eigenvalue weighted by Gasteiger charge is 2.17. The first-order chi connectivity index (χ1) is 9.72. The third-order valence-corrected chi connectivity index (χ3v) is 3.67. The second kappa shape index (κ2) is 7.43. The van der Waals surface area contributed by atoms with Gasteiger partial charge in [0.15, 0.2) is 0 Å². The van der Waals surface area contributed by atoms with Crippen LogP contribution in [0.5, 0.6) is 0 Å². The lowest BCUT2D eigenvalue weighted by Gasteiger charge is -2.18. The predicted octanol–water partition coefficient (Wildman–Crippen LogP) is 2.87. The molecule has 0 amide bonds. The predicted molar refractivity (Wildman–Crippen MR) is 82.3 cm³/mol. The molecule has 1 aliphatic heterocycles. The van der Waals surface area contributed by atoms with E-state index in [1.54, 1.807) is 6.33 Å². The second-order valence-electron chi connectivity index (χ2n) is 5.61. The van der Waals surface area contributed by atoms with Crippen LogP contribution in [0.25, 0.3) is 0 Å². The molecule has 0 radical (unpaired) electrons. The molecule has 2 N–H and O–H groups in total. The molecule has 2 heterocycles. The molecular formula is C15H26N4O. The average Bonchev–Trinajstić information content (AvgIpc) is 2.92. The van der Waals surface area contributed by atoms with Crippen LogP contribution in [0, 0.1) is 5.92 Å². The van der Waals surface area contributed by atoms with E-state index in [9.17, 15) is 0 Å². The van der Waals surface area contributed by atoms with Crippen molar-refractivity contribution in [2.75, 3.05) is 36.9 Å². The van der Waals surface area contributed by atoms with Gasteiger partial charge in [-0.1, -0.05) is 13.8 Å². The minimum Gasteiger partial charge on any atom is -0.381 e. The van der Waals surface area contributed by atoms with E-state index in [4.69, 9.17) is 4.74 Å². The maximum absolute atomic E-state index is 5.41. The van der Waals surface area contributed by atoms with Gasteiger partial charge in [0.25, 0.3) is 0 Å². The molecule has 112 valence electrons. The SMILES string of the molecule is CCNc1ncnc(NCCC2CCOC2)c1C(C)C. The van der Waals surface area contributed by atoms with Crippen molar-refractivity contribution in [1.29, 1.82) is 0 Å². The molecule has 0 aromatic carbocycles. The summed E-state index contributed by atoms with van der Waals surface area (Å²) in [6.45, 7) is 10.1. The first-order valence-electron chi connectivity index (χ1n) is 7.62. The summed E-state index contributed by atoms with van der Waals surface area (Å²) in [5.41, 5.74) is 1.18. The minimum atomic E-state index is 0.391. The Morgan fingerprint density at radius 2 is 2.05 bits per heavy atom. The van der Waals surface area contributed by atoms with E-state index in [0.29, 0.717) is 11.8 Å². The molecule has 2 rings (SSSR count). The summed E-state index contributed by atoms with van der Waals surface area (Å²) >= 11 is 0. The van der Waals surface area contributed by atoms with Crippen LogP contribution >= 0.6 is 0 Å². The van der Waals surface area contributed by atoms with Crippen LogP contribution in [0.3, 0.4) is 0 Å². The van der Waals surface area contributed by atoms with Crippen molar-refractivity contribution in [3.8, 4) is 0 Å². The Bertz CT molecular complexity index is 416. The Morgan fingerprint density at radius 1 is 1.30 bits per heavy atom. The summed E-state index contributed by atoms with van der Waals surface area (Å²) in [4.78, 5) is 8.77.